The number of methoxy groups -OCH3 is 1. The minimum atomic E-state index is -4.46. The van der Waals surface area contributed by atoms with Crippen molar-refractivity contribution in [3.63, 3.8) is 0 Å². The third-order valence-electron chi connectivity index (χ3n) is 3.88. The van der Waals surface area contributed by atoms with Crippen LogP contribution in [-0.2, 0) is 33.9 Å². The van der Waals surface area contributed by atoms with Crippen LogP contribution in [0, 0.1) is 5.92 Å². The largest absolute Gasteiger partial charge is 0.434 e. The van der Waals surface area contributed by atoms with E-state index >= 15 is 0 Å². The molecule has 1 aliphatic rings. The van der Waals surface area contributed by atoms with E-state index < -0.39 is 27.1 Å². The first kappa shape index (κ1) is 18.2. The molecule has 23 heavy (non-hydrogen) atoms. The summed E-state index contributed by atoms with van der Waals surface area (Å²) in [4.78, 5) is 3.60. The van der Waals surface area contributed by atoms with Crippen LogP contribution < -0.4 is 4.72 Å². The van der Waals surface area contributed by atoms with Gasteiger partial charge in [-0.05, 0) is 19.3 Å². The van der Waals surface area contributed by atoms with Crippen LogP contribution in [0.1, 0.15) is 24.9 Å². The average molecular weight is 355 g/mol. The number of aryl methyl sites for hydroxylation is 1. The van der Waals surface area contributed by atoms with Crippen molar-refractivity contribution in [2.24, 2.45) is 5.92 Å². The SMILES string of the molecule is COC[C@H](C)S(=O)(=O)NC[C@H]1CCc2nc(C(F)(F)F)cn2C1. The molecule has 10 heteroatoms. The van der Waals surface area contributed by atoms with Gasteiger partial charge in [-0.25, -0.2) is 18.1 Å². The standard InChI is InChI=1S/C13H20F3N3O3S/c1-9(8-22-2)23(20,21)17-5-10-3-4-12-18-11(13(14,15)16)7-19(12)6-10/h7,9-10,17H,3-6,8H2,1-2H3/t9-,10+/m0/s1. The smallest absolute Gasteiger partial charge is 0.383 e. The number of rotatable bonds is 6. The topological polar surface area (TPSA) is 73.2 Å². The Bertz CT molecular complexity index is 643. The molecule has 0 radical (unpaired) electrons. The molecule has 2 atom stereocenters. The molecule has 1 aromatic rings. The Kier molecular flexibility index (Phi) is 5.37. The number of hydrogen-bond acceptors (Lipinski definition) is 4. The molecule has 0 aliphatic carbocycles. The van der Waals surface area contributed by atoms with Crippen molar-refractivity contribution in [1.82, 2.24) is 14.3 Å². The van der Waals surface area contributed by atoms with Crippen LogP contribution in [0.2, 0.25) is 0 Å². The fraction of sp³-hybridized carbons (Fsp3) is 0.769. The number of halogens is 3. The zero-order valence-electron chi connectivity index (χ0n) is 12.9. The highest BCUT2D eigenvalue weighted by molar-refractivity contribution is 7.90. The summed E-state index contributed by atoms with van der Waals surface area (Å²) in [6, 6.07) is 0. The van der Waals surface area contributed by atoms with Crippen LogP contribution in [0.3, 0.4) is 0 Å². The summed E-state index contributed by atoms with van der Waals surface area (Å²) in [5, 5.41) is -0.684. The van der Waals surface area contributed by atoms with Crippen LogP contribution >= 0.6 is 0 Å². The number of ether oxygens (including phenoxy) is 1. The predicted molar refractivity (Wildman–Crippen MR) is 77.3 cm³/mol. The van der Waals surface area contributed by atoms with Crippen molar-refractivity contribution >= 4 is 10.0 Å². The molecule has 132 valence electrons. The fourth-order valence-electron chi connectivity index (χ4n) is 2.52. The van der Waals surface area contributed by atoms with Gasteiger partial charge in [-0.15, -0.1) is 0 Å². The maximum atomic E-state index is 12.7. The van der Waals surface area contributed by atoms with Crippen molar-refractivity contribution in [1.29, 1.82) is 0 Å². The number of imidazole rings is 1. The van der Waals surface area contributed by atoms with Gasteiger partial charge in [0, 0.05) is 32.8 Å². The van der Waals surface area contributed by atoms with Crippen LogP contribution in [0.15, 0.2) is 6.20 Å². The highest BCUT2D eigenvalue weighted by Gasteiger charge is 2.36. The third-order valence-corrected chi connectivity index (χ3v) is 5.65. The van der Waals surface area contributed by atoms with Gasteiger partial charge in [-0.1, -0.05) is 0 Å². The average Bonchev–Trinajstić information content (AvgIpc) is 2.88. The molecule has 1 N–H and O–H groups in total. The molecule has 0 fully saturated rings. The number of aromatic nitrogens is 2. The Labute approximate surface area is 133 Å². The minimum Gasteiger partial charge on any atom is -0.383 e. The van der Waals surface area contributed by atoms with E-state index in [2.05, 4.69) is 9.71 Å². The monoisotopic (exact) mass is 355 g/mol. The molecular weight excluding hydrogens is 335 g/mol. The first-order chi connectivity index (χ1) is 10.6. The first-order valence-electron chi connectivity index (χ1n) is 7.24. The lowest BCUT2D eigenvalue weighted by Crippen LogP contribution is -2.39. The van der Waals surface area contributed by atoms with Crippen LogP contribution in [0.5, 0.6) is 0 Å². The highest BCUT2D eigenvalue weighted by atomic mass is 32.2. The van der Waals surface area contributed by atoms with Gasteiger partial charge in [0.15, 0.2) is 5.69 Å². The lowest BCUT2D eigenvalue weighted by atomic mass is 10.00. The Balaban J connectivity index is 1.97. The maximum Gasteiger partial charge on any atom is 0.434 e. The fourth-order valence-corrected chi connectivity index (χ4v) is 3.59. The van der Waals surface area contributed by atoms with E-state index in [9.17, 15) is 21.6 Å². The third kappa shape index (κ3) is 4.45. The molecule has 2 heterocycles. The summed E-state index contributed by atoms with van der Waals surface area (Å²) in [6.07, 6.45) is -2.48. The van der Waals surface area contributed by atoms with Gasteiger partial charge in [0.2, 0.25) is 10.0 Å². The second-order valence-electron chi connectivity index (χ2n) is 5.76. The quantitative estimate of drug-likeness (QED) is 0.838. The Hall–Kier alpha value is -1.13. The molecule has 0 spiro atoms. The van der Waals surface area contributed by atoms with Crippen molar-refractivity contribution < 1.29 is 26.3 Å². The molecule has 0 saturated carbocycles. The summed E-state index contributed by atoms with van der Waals surface area (Å²) in [6.45, 7) is 2.13. The van der Waals surface area contributed by atoms with E-state index in [1.807, 2.05) is 0 Å². The molecule has 6 nitrogen and oxygen atoms in total. The summed E-state index contributed by atoms with van der Waals surface area (Å²) in [5.41, 5.74) is -0.901. The summed E-state index contributed by atoms with van der Waals surface area (Å²) < 4.78 is 70.7. The van der Waals surface area contributed by atoms with Crippen LogP contribution in [0.25, 0.3) is 0 Å². The molecule has 0 saturated heterocycles. The summed E-state index contributed by atoms with van der Waals surface area (Å²) >= 11 is 0. The number of alkyl halides is 3. The van der Waals surface area contributed by atoms with Gasteiger partial charge in [0.1, 0.15) is 5.82 Å². The molecule has 0 amide bonds. The van der Waals surface area contributed by atoms with E-state index in [0.29, 0.717) is 25.2 Å². The number of nitrogens with zero attached hydrogens (tertiary/aromatic N) is 2. The van der Waals surface area contributed by atoms with Crippen LogP contribution in [-0.4, -0.2) is 43.5 Å². The van der Waals surface area contributed by atoms with Gasteiger partial charge in [-0.2, -0.15) is 13.2 Å². The van der Waals surface area contributed by atoms with Gasteiger partial charge in [-0.3, -0.25) is 0 Å². The number of nitrogens with one attached hydrogen (secondary N) is 1. The van der Waals surface area contributed by atoms with Gasteiger partial charge < -0.3 is 9.30 Å². The zero-order chi connectivity index (χ0) is 17.3. The maximum absolute atomic E-state index is 12.7. The number of fused-ring (bicyclic) bond motifs is 1. The van der Waals surface area contributed by atoms with Crippen LogP contribution in [0.4, 0.5) is 13.2 Å². The molecule has 0 aromatic carbocycles. The second kappa shape index (κ2) is 6.78. The van der Waals surface area contributed by atoms with Gasteiger partial charge in [0.05, 0.1) is 11.9 Å². The van der Waals surface area contributed by atoms with Crippen molar-refractivity contribution in [3.8, 4) is 0 Å². The van der Waals surface area contributed by atoms with E-state index in [1.54, 1.807) is 0 Å². The summed E-state index contributed by atoms with van der Waals surface area (Å²) in [7, 11) is -2.07. The molecule has 2 rings (SSSR count). The molecule has 0 unspecified atom stereocenters. The Morgan fingerprint density at radius 1 is 1.52 bits per heavy atom. The van der Waals surface area contributed by atoms with Crippen molar-refractivity contribution in [2.75, 3.05) is 20.3 Å². The predicted octanol–water partition coefficient (Wildman–Crippen LogP) is 1.42. The van der Waals surface area contributed by atoms with E-state index in [4.69, 9.17) is 4.74 Å². The molecule has 0 bridgehead atoms. The molecule has 1 aliphatic heterocycles. The van der Waals surface area contributed by atoms with Crippen molar-refractivity contribution in [2.45, 2.75) is 37.7 Å². The Morgan fingerprint density at radius 2 is 2.22 bits per heavy atom. The summed E-state index contributed by atoms with van der Waals surface area (Å²) in [5.74, 6) is 0.325. The number of hydrogen-bond donors (Lipinski definition) is 1. The van der Waals surface area contributed by atoms with E-state index in [-0.39, 0.29) is 19.1 Å². The minimum absolute atomic E-state index is 0.0673. The van der Waals surface area contributed by atoms with Gasteiger partial charge in [0.25, 0.3) is 0 Å². The van der Waals surface area contributed by atoms with E-state index in [1.165, 1.54) is 18.6 Å². The first-order valence-corrected chi connectivity index (χ1v) is 8.78. The Morgan fingerprint density at radius 3 is 2.83 bits per heavy atom. The zero-order valence-corrected chi connectivity index (χ0v) is 13.7. The second-order valence-corrected chi connectivity index (χ2v) is 7.94. The molecular formula is C13H20F3N3O3S. The van der Waals surface area contributed by atoms with Crippen molar-refractivity contribution in [3.05, 3.63) is 17.7 Å². The lowest BCUT2D eigenvalue weighted by molar-refractivity contribution is -0.141. The molecule has 1 aromatic heterocycles. The highest BCUT2D eigenvalue weighted by Crippen LogP contribution is 2.30. The van der Waals surface area contributed by atoms with Gasteiger partial charge >= 0.3 is 6.18 Å². The lowest BCUT2D eigenvalue weighted by Gasteiger charge is -2.24. The van der Waals surface area contributed by atoms with E-state index in [0.717, 1.165) is 6.20 Å². The normalized spacial score (nSPS) is 20.3. The number of sulfonamides is 1.